The molecule has 6 nitrogen and oxygen atoms in total. The van der Waals surface area contributed by atoms with Gasteiger partial charge in [-0.1, -0.05) is 0 Å². The van der Waals surface area contributed by atoms with Crippen molar-refractivity contribution in [2.24, 2.45) is 0 Å². The highest BCUT2D eigenvalue weighted by molar-refractivity contribution is 7.09. The maximum absolute atomic E-state index is 12.1. The smallest absolute Gasteiger partial charge is 0.355 e. The summed E-state index contributed by atoms with van der Waals surface area (Å²) in [6.07, 6.45) is -2.61. The number of carboxylic acid groups (broad SMARTS) is 1. The molecular formula is C10H13F2N3O3S. The van der Waals surface area contributed by atoms with Gasteiger partial charge in [-0.05, 0) is 6.92 Å². The normalized spacial score (nSPS) is 12.3. The third-order valence-electron chi connectivity index (χ3n) is 2.21. The van der Waals surface area contributed by atoms with Crippen molar-refractivity contribution < 1.29 is 23.5 Å². The molecule has 1 unspecified atom stereocenters. The molecule has 0 radical (unpaired) electrons. The minimum atomic E-state index is -2.61. The molecule has 1 rings (SSSR count). The number of aromatic nitrogens is 1. The summed E-state index contributed by atoms with van der Waals surface area (Å²) in [6.45, 7) is 0.926. The number of hydrogen-bond donors (Lipinski definition) is 2. The lowest BCUT2D eigenvalue weighted by Crippen LogP contribution is -2.40. The Balaban J connectivity index is 2.60. The standard InChI is InChI=1S/C10H13F2N3O3S/c1-5(8-14-6(4-19-8)9(16)17)13-10(18)15(2)3-7(11)12/h4-5,7H,3H2,1-2H3,(H,13,18)(H,16,17). The topological polar surface area (TPSA) is 82.5 Å². The van der Waals surface area contributed by atoms with E-state index in [9.17, 15) is 18.4 Å². The number of carbonyl (C=O) groups excluding carboxylic acids is 1. The summed E-state index contributed by atoms with van der Waals surface area (Å²) in [5.74, 6) is -1.16. The fourth-order valence-corrected chi connectivity index (χ4v) is 2.03. The summed E-state index contributed by atoms with van der Waals surface area (Å²) in [6, 6.07) is -1.22. The van der Waals surface area contributed by atoms with Gasteiger partial charge in [0.15, 0.2) is 5.69 Å². The molecular weight excluding hydrogens is 280 g/mol. The van der Waals surface area contributed by atoms with Crippen LogP contribution in [-0.4, -0.2) is 47.0 Å². The van der Waals surface area contributed by atoms with Crippen molar-refractivity contribution in [3.8, 4) is 0 Å². The van der Waals surface area contributed by atoms with Crippen LogP contribution >= 0.6 is 11.3 Å². The summed E-state index contributed by atoms with van der Waals surface area (Å²) in [4.78, 5) is 26.9. The molecule has 1 aromatic rings. The molecule has 19 heavy (non-hydrogen) atoms. The van der Waals surface area contributed by atoms with Gasteiger partial charge >= 0.3 is 12.0 Å². The lowest BCUT2D eigenvalue weighted by Gasteiger charge is -2.19. The number of nitrogens with one attached hydrogen (secondary N) is 1. The number of amides is 2. The summed E-state index contributed by atoms with van der Waals surface area (Å²) in [7, 11) is 1.25. The molecule has 9 heteroatoms. The molecule has 2 amide bonds. The second-order valence-corrected chi connectivity index (χ2v) is 4.71. The monoisotopic (exact) mass is 293 g/mol. The number of thiazole rings is 1. The fraction of sp³-hybridized carbons (Fsp3) is 0.500. The number of carboxylic acids is 1. The van der Waals surface area contributed by atoms with Gasteiger partial charge in [-0.15, -0.1) is 11.3 Å². The third kappa shape index (κ3) is 4.43. The van der Waals surface area contributed by atoms with Crippen molar-refractivity contribution in [1.29, 1.82) is 0 Å². The van der Waals surface area contributed by atoms with E-state index in [-0.39, 0.29) is 5.69 Å². The zero-order valence-corrected chi connectivity index (χ0v) is 11.1. The second-order valence-electron chi connectivity index (χ2n) is 3.82. The van der Waals surface area contributed by atoms with E-state index in [1.807, 2.05) is 0 Å². The summed E-state index contributed by atoms with van der Waals surface area (Å²) in [5, 5.41) is 12.9. The number of urea groups is 1. The largest absolute Gasteiger partial charge is 0.476 e. The third-order valence-corrected chi connectivity index (χ3v) is 3.24. The summed E-state index contributed by atoms with van der Waals surface area (Å²) >= 11 is 1.08. The van der Waals surface area contributed by atoms with Crippen LogP contribution in [0.4, 0.5) is 13.6 Å². The van der Waals surface area contributed by atoms with E-state index in [1.54, 1.807) is 6.92 Å². The molecule has 0 saturated heterocycles. The van der Waals surface area contributed by atoms with E-state index in [0.29, 0.717) is 5.01 Å². The Morgan fingerprint density at radius 1 is 1.58 bits per heavy atom. The number of hydrogen-bond acceptors (Lipinski definition) is 4. The number of carbonyl (C=O) groups is 2. The Bertz CT molecular complexity index is 467. The first kappa shape index (κ1) is 15.3. The first-order valence-electron chi connectivity index (χ1n) is 5.29. The maximum atomic E-state index is 12.1. The number of halogens is 2. The van der Waals surface area contributed by atoms with Gasteiger partial charge < -0.3 is 15.3 Å². The molecule has 0 spiro atoms. The molecule has 0 saturated carbocycles. The number of alkyl halides is 2. The Morgan fingerprint density at radius 3 is 2.68 bits per heavy atom. The van der Waals surface area contributed by atoms with Gasteiger partial charge in [0.1, 0.15) is 5.01 Å². The van der Waals surface area contributed by atoms with Crippen molar-refractivity contribution >= 4 is 23.3 Å². The van der Waals surface area contributed by atoms with E-state index in [2.05, 4.69) is 10.3 Å². The van der Waals surface area contributed by atoms with Crippen LogP contribution < -0.4 is 5.32 Å². The fourth-order valence-electron chi connectivity index (χ4n) is 1.23. The predicted molar refractivity (Wildman–Crippen MR) is 64.7 cm³/mol. The highest BCUT2D eigenvalue weighted by Gasteiger charge is 2.19. The van der Waals surface area contributed by atoms with Crippen molar-refractivity contribution in [1.82, 2.24) is 15.2 Å². The molecule has 0 aliphatic carbocycles. The number of rotatable bonds is 5. The van der Waals surface area contributed by atoms with Crippen LogP contribution in [0, 0.1) is 0 Å². The first-order valence-corrected chi connectivity index (χ1v) is 6.17. The maximum Gasteiger partial charge on any atom is 0.355 e. The first-order chi connectivity index (χ1) is 8.81. The molecule has 0 aliphatic rings. The lowest BCUT2D eigenvalue weighted by molar-refractivity contribution is 0.0691. The van der Waals surface area contributed by atoms with Crippen molar-refractivity contribution in [2.45, 2.75) is 19.4 Å². The Hall–Kier alpha value is -1.77. The van der Waals surface area contributed by atoms with Crippen LogP contribution in [0.15, 0.2) is 5.38 Å². The Kier molecular flexibility index (Phi) is 5.16. The number of nitrogens with zero attached hydrogens (tertiary/aromatic N) is 2. The van der Waals surface area contributed by atoms with Crippen LogP contribution in [0.2, 0.25) is 0 Å². The second kappa shape index (κ2) is 6.41. The van der Waals surface area contributed by atoms with Gasteiger partial charge in [-0.3, -0.25) is 0 Å². The molecule has 0 bridgehead atoms. The molecule has 1 aromatic heterocycles. The van der Waals surface area contributed by atoms with Gasteiger partial charge in [0.25, 0.3) is 6.43 Å². The molecule has 0 aliphatic heterocycles. The van der Waals surface area contributed by atoms with Gasteiger partial charge in [-0.2, -0.15) is 0 Å². The van der Waals surface area contributed by atoms with Crippen LogP contribution in [0.5, 0.6) is 0 Å². The van der Waals surface area contributed by atoms with Gasteiger partial charge in [0.05, 0.1) is 12.6 Å². The van der Waals surface area contributed by atoms with Crippen LogP contribution in [-0.2, 0) is 0 Å². The molecule has 0 aromatic carbocycles. The molecule has 1 atom stereocenters. The highest BCUT2D eigenvalue weighted by Crippen LogP contribution is 2.18. The molecule has 0 fully saturated rings. The van der Waals surface area contributed by atoms with Crippen LogP contribution in [0.1, 0.15) is 28.5 Å². The molecule has 2 N–H and O–H groups in total. The quantitative estimate of drug-likeness (QED) is 0.867. The van der Waals surface area contributed by atoms with Crippen LogP contribution in [0.3, 0.4) is 0 Å². The lowest BCUT2D eigenvalue weighted by atomic mass is 10.3. The average Bonchev–Trinajstić information content (AvgIpc) is 2.77. The summed E-state index contributed by atoms with van der Waals surface area (Å²) in [5.41, 5.74) is -0.109. The van der Waals surface area contributed by atoms with Gasteiger partial charge in [0.2, 0.25) is 0 Å². The zero-order chi connectivity index (χ0) is 14.6. The molecule has 1 heterocycles. The highest BCUT2D eigenvalue weighted by atomic mass is 32.1. The Labute approximate surface area is 112 Å². The average molecular weight is 293 g/mol. The minimum Gasteiger partial charge on any atom is -0.476 e. The van der Waals surface area contributed by atoms with Crippen molar-refractivity contribution in [2.75, 3.05) is 13.6 Å². The van der Waals surface area contributed by atoms with E-state index in [1.165, 1.54) is 12.4 Å². The van der Waals surface area contributed by atoms with E-state index in [0.717, 1.165) is 16.2 Å². The molecule has 106 valence electrons. The van der Waals surface area contributed by atoms with Gasteiger partial charge in [-0.25, -0.2) is 23.4 Å². The van der Waals surface area contributed by atoms with Crippen molar-refractivity contribution in [3.05, 3.63) is 16.1 Å². The number of aromatic carboxylic acids is 1. The van der Waals surface area contributed by atoms with E-state index in [4.69, 9.17) is 5.11 Å². The minimum absolute atomic E-state index is 0.109. The van der Waals surface area contributed by atoms with Crippen LogP contribution in [0.25, 0.3) is 0 Å². The SMILES string of the molecule is CC(NC(=O)N(C)CC(F)F)c1nc(C(=O)O)cs1. The Morgan fingerprint density at radius 2 is 2.21 bits per heavy atom. The summed E-state index contributed by atoms with van der Waals surface area (Å²) < 4.78 is 24.2. The predicted octanol–water partition coefficient (Wildman–Crippen LogP) is 1.81. The van der Waals surface area contributed by atoms with E-state index < -0.39 is 31.0 Å². The van der Waals surface area contributed by atoms with E-state index >= 15 is 0 Å². The van der Waals surface area contributed by atoms with Crippen molar-refractivity contribution in [3.63, 3.8) is 0 Å². The zero-order valence-electron chi connectivity index (χ0n) is 10.3. The van der Waals surface area contributed by atoms with Gasteiger partial charge in [0, 0.05) is 12.4 Å².